The summed E-state index contributed by atoms with van der Waals surface area (Å²) in [5, 5.41) is 0. The van der Waals surface area contributed by atoms with Gasteiger partial charge in [-0.3, -0.25) is 0 Å². The average Bonchev–Trinajstić information content (AvgIpc) is 3.16. The van der Waals surface area contributed by atoms with E-state index in [0.717, 1.165) is 23.5 Å². The van der Waals surface area contributed by atoms with E-state index in [1.807, 2.05) is 12.1 Å². The van der Waals surface area contributed by atoms with E-state index in [2.05, 4.69) is 0 Å². The van der Waals surface area contributed by atoms with Crippen molar-refractivity contribution in [3.63, 3.8) is 0 Å². The maximum absolute atomic E-state index is 5.87. The lowest BCUT2D eigenvalue weighted by molar-refractivity contribution is 0.347. The maximum Gasteiger partial charge on any atom is 0.164 e. The third-order valence-corrected chi connectivity index (χ3v) is 3.65. The van der Waals surface area contributed by atoms with Crippen LogP contribution in [0.5, 0.6) is 17.2 Å². The molecule has 1 fully saturated rings. The SMILES string of the molecule is COc1cc(OC)c(C2CC2CCl)cc1OC. The molecule has 0 radical (unpaired) electrons. The Balaban J connectivity index is 2.37. The van der Waals surface area contributed by atoms with Gasteiger partial charge in [0.25, 0.3) is 0 Å². The molecule has 1 aliphatic rings. The Labute approximate surface area is 107 Å². The van der Waals surface area contributed by atoms with Gasteiger partial charge >= 0.3 is 0 Å². The summed E-state index contributed by atoms with van der Waals surface area (Å²) in [4.78, 5) is 0. The van der Waals surface area contributed by atoms with Crippen LogP contribution in [0.4, 0.5) is 0 Å². The fourth-order valence-corrected chi connectivity index (χ4v) is 2.48. The minimum absolute atomic E-state index is 0.488. The summed E-state index contributed by atoms with van der Waals surface area (Å²) < 4.78 is 16.0. The first kappa shape index (κ1) is 12.4. The second-order valence-corrected chi connectivity index (χ2v) is 4.51. The summed E-state index contributed by atoms with van der Waals surface area (Å²) in [6.07, 6.45) is 1.12. The third kappa shape index (κ3) is 2.29. The largest absolute Gasteiger partial charge is 0.496 e. The number of rotatable bonds is 5. The minimum Gasteiger partial charge on any atom is -0.496 e. The van der Waals surface area contributed by atoms with Crippen molar-refractivity contribution in [3.05, 3.63) is 17.7 Å². The van der Waals surface area contributed by atoms with E-state index >= 15 is 0 Å². The summed E-state index contributed by atoms with van der Waals surface area (Å²) in [5.74, 6) is 4.02. The second-order valence-electron chi connectivity index (χ2n) is 4.21. The fraction of sp³-hybridized carbons (Fsp3) is 0.538. The molecule has 1 aromatic rings. The van der Waals surface area contributed by atoms with E-state index in [1.54, 1.807) is 21.3 Å². The van der Waals surface area contributed by atoms with Crippen molar-refractivity contribution in [1.29, 1.82) is 0 Å². The van der Waals surface area contributed by atoms with Gasteiger partial charge in [0.2, 0.25) is 0 Å². The molecule has 0 N–H and O–H groups in total. The van der Waals surface area contributed by atoms with E-state index in [9.17, 15) is 0 Å². The highest BCUT2D eigenvalue weighted by Gasteiger charge is 2.39. The molecule has 0 saturated heterocycles. The zero-order chi connectivity index (χ0) is 12.4. The normalized spacial score (nSPS) is 22.1. The van der Waals surface area contributed by atoms with Gasteiger partial charge in [0.05, 0.1) is 21.3 Å². The monoisotopic (exact) mass is 256 g/mol. The summed E-state index contributed by atoms with van der Waals surface area (Å²) in [6.45, 7) is 0. The van der Waals surface area contributed by atoms with Crippen molar-refractivity contribution in [2.24, 2.45) is 5.92 Å². The predicted octanol–water partition coefficient (Wildman–Crippen LogP) is 3.05. The lowest BCUT2D eigenvalue weighted by atomic mass is 10.1. The topological polar surface area (TPSA) is 27.7 Å². The Bertz CT molecular complexity index is 406. The highest BCUT2D eigenvalue weighted by molar-refractivity contribution is 6.18. The standard InChI is InChI=1S/C13H17ClO3/c1-15-11-6-13(17-3)12(16-2)5-10(11)9-4-8(9)7-14/h5-6,8-9H,4,7H2,1-3H3. The summed E-state index contributed by atoms with van der Waals surface area (Å²) in [6, 6.07) is 3.87. The van der Waals surface area contributed by atoms with Gasteiger partial charge in [-0.25, -0.2) is 0 Å². The second kappa shape index (κ2) is 5.05. The Morgan fingerprint density at radius 2 is 1.65 bits per heavy atom. The third-order valence-electron chi connectivity index (χ3n) is 3.26. The lowest BCUT2D eigenvalue weighted by Crippen LogP contribution is -1.97. The molecule has 0 amide bonds. The molecule has 2 unspecified atom stereocenters. The Morgan fingerprint density at radius 1 is 1.06 bits per heavy atom. The zero-order valence-electron chi connectivity index (χ0n) is 10.3. The summed E-state index contributed by atoms with van der Waals surface area (Å²) in [5.41, 5.74) is 1.16. The number of hydrogen-bond donors (Lipinski definition) is 0. The zero-order valence-corrected chi connectivity index (χ0v) is 11.1. The lowest BCUT2D eigenvalue weighted by Gasteiger charge is -2.13. The quantitative estimate of drug-likeness (QED) is 0.758. The van der Waals surface area contributed by atoms with Gasteiger partial charge in [-0.15, -0.1) is 11.6 Å². The van der Waals surface area contributed by atoms with Crippen molar-refractivity contribution in [2.75, 3.05) is 27.2 Å². The van der Waals surface area contributed by atoms with Gasteiger partial charge in [0.15, 0.2) is 11.5 Å². The van der Waals surface area contributed by atoms with Gasteiger partial charge in [-0.1, -0.05) is 0 Å². The van der Waals surface area contributed by atoms with Crippen molar-refractivity contribution in [1.82, 2.24) is 0 Å². The van der Waals surface area contributed by atoms with Crippen molar-refractivity contribution >= 4 is 11.6 Å². The Morgan fingerprint density at radius 3 is 2.12 bits per heavy atom. The molecule has 2 rings (SSSR count). The first-order valence-corrected chi connectivity index (χ1v) is 6.14. The molecule has 94 valence electrons. The summed E-state index contributed by atoms with van der Waals surface area (Å²) in [7, 11) is 4.93. The highest BCUT2D eigenvalue weighted by atomic mass is 35.5. The van der Waals surface area contributed by atoms with Crippen molar-refractivity contribution < 1.29 is 14.2 Å². The van der Waals surface area contributed by atoms with Crippen LogP contribution in [0.3, 0.4) is 0 Å². The van der Waals surface area contributed by atoms with Crippen LogP contribution in [0.1, 0.15) is 17.9 Å². The molecule has 3 nitrogen and oxygen atoms in total. The fourth-order valence-electron chi connectivity index (χ4n) is 2.14. The van der Waals surface area contributed by atoms with E-state index < -0.39 is 0 Å². The molecule has 0 heterocycles. The minimum atomic E-state index is 0.488. The van der Waals surface area contributed by atoms with E-state index in [-0.39, 0.29) is 0 Å². The number of ether oxygens (including phenoxy) is 3. The molecular weight excluding hydrogens is 240 g/mol. The van der Waals surface area contributed by atoms with Gasteiger partial charge in [0, 0.05) is 17.5 Å². The Kier molecular flexibility index (Phi) is 3.67. The van der Waals surface area contributed by atoms with Crippen molar-refractivity contribution in [2.45, 2.75) is 12.3 Å². The molecule has 1 aromatic carbocycles. The molecule has 1 aliphatic carbocycles. The Hall–Kier alpha value is -1.09. The molecular formula is C13H17ClO3. The van der Waals surface area contributed by atoms with Crippen LogP contribution in [-0.2, 0) is 0 Å². The van der Waals surface area contributed by atoms with Crippen LogP contribution in [0, 0.1) is 5.92 Å². The molecule has 0 aliphatic heterocycles. The van der Waals surface area contributed by atoms with Gasteiger partial charge in [-0.05, 0) is 24.3 Å². The first-order valence-electron chi connectivity index (χ1n) is 5.61. The van der Waals surface area contributed by atoms with Gasteiger partial charge < -0.3 is 14.2 Å². The van der Waals surface area contributed by atoms with Crippen LogP contribution in [0.15, 0.2) is 12.1 Å². The number of hydrogen-bond acceptors (Lipinski definition) is 3. The maximum atomic E-state index is 5.87. The van der Waals surface area contributed by atoms with Crippen LogP contribution in [0.2, 0.25) is 0 Å². The van der Waals surface area contributed by atoms with Gasteiger partial charge in [0.1, 0.15) is 5.75 Å². The smallest absolute Gasteiger partial charge is 0.164 e. The number of methoxy groups -OCH3 is 3. The van der Waals surface area contributed by atoms with Crippen molar-refractivity contribution in [3.8, 4) is 17.2 Å². The van der Waals surface area contributed by atoms with E-state index in [4.69, 9.17) is 25.8 Å². The first-order chi connectivity index (χ1) is 8.24. The van der Waals surface area contributed by atoms with Crippen LogP contribution < -0.4 is 14.2 Å². The molecule has 0 spiro atoms. The van der Waals surface area contributed by atoms with Crippen LogP contribution in [0.25, 0.3) is 0 Å². The molecule has 1 saturated carbocycles. The van der Waals surface area contributed by atoms with Gasteiger partial charge in [-0.2, -0.15) is 0 Å². The molecule has 2 atom stereocenters. The molecule has 0 bridgehead atoms. The van der Waals surface area contributed by atoms with E-state index in [0.29, 0.717) is 23.5 Å². The molecule has 17 heavy (non-hydrogen) atoms. The average molecular weight is 257 g/mol. The molecule has 4 heteroatoms. The van der Waals surface area contributed by atoms with Crippen LogP contribution in [-0.4, -0.2) is 27.2 Å². The van der Waals surface area contributed by atoms with E-state index in [1.165, 1.54) is 0 Å². The molecule has 0 aromatic heterocycles. The number of halogens is 1. The summed E-state index contributed by atoms with van der Waals surface area (Å²) >= 11 is 5.87. The number of alkyl halides is 1. The number of benzene rings is 1. The highest BCUT2D eigenvalue weighted by Crippen LogP contribution is 2.52. The van der Waals surface area contributed by atoms with Crippen LogP contribution >= 0.6 is 11.6 Å². The predicted molar refractivity (Wildman–Crippen MR) is 67.7 cm³/mol.